The molecular weight excluding hydrogens is 266 g/mol. The van der Waals surface area contributed by atoms with Crippen LogP contribution in [0.4, 0.5) is 0 Å². The van der Waals surface area contributed by atoms with Crippen LogP contribution in [0.1, 0.15) is 27.4 Å². The quantitative estimate of drug-likeness (QED) is 0.801. The number of carboxylic acid groups (broad SMARTS) is 1. The summed E-state index contributed by atoms with van der Waals surface area (Å²) in [5.74, 6) is -0.0834. The summed E-state index contributed by atoms with van der Waals surface area (Å²) in [5, 5.41) is 9.04. The van der Waals surface area contributed by atoms with Gasteiger partial charge in [-0.05, 0) is 43.7 Å². The Kier molecular flexibility index (Phi) is 3.17. The lowest BCUT2D eigenvalue weighted by Crippen LogP contribution is -2.03. The fourth-order valence-electron chi connectivity index (χ4n) is 2.36. The number of rotatable bonds is 3. The molecule has 1 N–H and O–H groups in total. The van der Waals surface area contributed by atoms with Crippen molar-refractivity contribution in [3.8, 4) is 0 Å². The largest absolute Gasteiger partial charge is 0.478 e. The van der Waals surface area contributed by atoms with Gasteiger partial charge in [-0.25, -0.2) is 9.78 Å². The molecule has 0 amide bonds. The first-order valence-corrected chi connectivity index (χ1v) is 6.66. The van der Waals surface area contributed by atoms with Gasteiger partial charge < -0.3 is 9.67 Å². The van der Waals surface area contributed by atoms with Crippen molar-refractivity contribution in [1.29, 1.82) is 0 Å². The number of fused-ring (bicyclic) bond motifs is 1. The molecule has 0 radical (unpaired) electrons. The number of hydrogen-bond donors (Lipinski definition) is 1. The predicted molar refractivity (Wildman–Crippen MR) is 79.5 cm³/mol. The minimum absolute atomic E-state index is 0.254. The Hall–Kier alpha value is -2.69. The third-order valence-corrected chi connectivity index (χ3v) is 3.50. The van der Waals surface area contributed by atoms with Crippen LogP contribution in [0.2, 0.25) is 0 Å². The van der Waals surface area contributed by atoms with Gasteiger partial charge in [0, 0.05) is 11.9 Å². The van der Waals surface area contributed by atoms with Crippen LogP contribution in [0, 0.1) is 13.8 Å². The standard InChI is InChI=1S/C16H15N3O2/c1-10-3-4-12(8-17-10)9-19-11(2)18-14-7-13(16(20)21)5-6-15(14)19/h3-8H,9H2,1-2H3,(H,20,21). The lowest BCUT2D eigenvalue weighted by atomic mass is 10.2. The fourth-order valence-corrected chi connectivity index (χ4v) is 2.36. The molecule has 3 aromatic rings. The van der Waals surface area contributed by atoms with Gasteiger partial charge in [0.25, 0.3) is 0 Å². The molecule has 0 unspecified atom stereocenters. The van der Waals surface area contributed by atoms with Gasteiger partial charge in [-0.3, -0.25) is 4.98 Å². The van der Waals surface area contributed by atoms with E-state index in [0.717, 1.165) is 22.6 Å². The minimum atomic E-state index is -0.938. The maximum Gasteiger partial charge on any atom is 0.335 e. The highest BCUT2D eigenvalue weighted by Gasteiger charge is 2.11. The zero-order valence-corrected chi connectivity index (χ0v) is 11.9. The molecule has 0 spiro atoms. The van der Waals surface area contributed by atoms with Crippen molar-refractivity contribution in [3.05, 3.63) is 59.2 Å². The van der Waals surface area contributed by atoms with E-state index in [4.69, 9.17) is 5.11 Å². The summed E-state index contributed by atoms with van der Waals surface area (Å²) in [4.78, 5) is 19.8. The molecule has 0 bridgehead atoms. The highest BCUT2D eigenvalue weighted by molar-refractivity contribution is 5.92. The van der Waals surface area contributed by atoms with Gasteiger partial charge in [0.2, 0.25) is 0 Å². The van der Waals surface area contributed by atoms with E-state index < -0.39 is 5.97 Å². The summed E-state index contributed by atoms with van der Waals surface area (Å²) in [5.41, 5.74) is 3.96. The van der Waals surface area contributed by atoms with E-state index >= 15 is 0 Å². The zero-order chi connectivity index (χ0) is 15.0. The number of hydrogen-bond acceptors (Lipinski definition) is 3. The van der Waals surface area contributed by atoms with E-state index in [9.17, 15) is 4.79 Å². The number of carboxylic acids is 1. The molecule has 2 heterocycles. The van der Waals surface area contributed by atoms with Crippen LogP contribution in [0.3, 0.4) is 0 Å². The van der Waals surface area contributed by atoms with Crippen molar-refractivity contribution in [3.63, 3.8) is 0 Å². The van der Waals surface area contributed by atoms with E-state index in [1.54, 1.807) is 18.2 Å². The number of benzene rings is 1. The van der Waals surface area contributed by atoms with Crippen molar-refractivity contribution < 1.29 is 9.90 Å². The average molecular weight is 281 g/mol. The highest BCUT2D eigenvalue weighted by atomic mass is 16.4. The molecule has 3 rings (SSSR count). The Bertz CT molecular complexity index is 819. The summed E-state index contributed by atoms with van der Waals surface area (Å²) in [6, 6.07) is 9.04. The molecule has 106 valence electrons. The molecule has 5 heteroatoms. The van der Waals surface area contributed by atoms with Gasteiger partial charge in [0.05, 0.1) is 23.1 Å². The Labute approximate surface area is 121 Å². The summed E-state index contributed by atoms with van der Waals surface area (Å²) in [6.45, 7) is 4.54. The van der Waals surface area contributed by atoms with Crippen molar-refractivity contribution in [2.75, 3.05) is 0 Å². The summed E-state index contributed by atoms with van der Waals surface area (Å²) in [7, 11) is 0. The average Bonchev–Trinajstić information content (AvgIpc) is 2.76. The smallest absolute Gasteiger partial charge is 0.335 e. The number of aromatic nitrogens is 3. The van der Waals surface area contributed by atoms with Crippen molar-refractivity contribution in [2.45, 2.75) is 20.4 Å². The lowest BCUT2D eigenvalue weighted by Gasteiger charge is -2.07. The molecule has 21 heavy (non-hydrogen) atoms. The predicted octanol–water partition coefficient (Wildman–Crippen LogP) is 2.79. The van der Waals surface area contributed by atoms with Crippen LogP contribution in [0.5, 0.6) is 0 Å². The molecule has 0 aliphatic heterocycles. The molecule has 0 atom stereocenters. The first-order chi connectivity index (χ1) is 10.0. The first-order valence-electron chi connectivity index (χ1n) is 6.66. The normalized spacial score (nSPS) is 11.0. The fraction of sp³-hybridized carbons (Fsp3) is 0.188. The van der Waals surface area contributed by atoms with Gasteiger partial charge in [0.15, 0.2) is 0 Å². The molecule has 0 fully saturated rings. The molecule has 1 aromatic carbocycles. The van der Waals surface area contributed by atoms with Crippen molar-refractivity contribution >= 4 is 17.0 Å². The van der Waals surface area contributed by atoms with E-state index in [2.05, 4.69) is 14.5 Å². The van der Waals surface area contributed by atoms with Crippen LogP contribution in [0.25, 0.3) is 11.0 Å². The Morgan fingerprint density at radius 1 is 1.24 bits per heavy atom. The summed E-state index contributed by atoms with van der Waals surface area (Å²) in [6.07, 6.45) is 1.85. The molecule has 0 saturated heterocycles. The Morgan fingerprint density at radius 2 is 2.05 bits per heavy atom. The topological polar surface area (TPSA) is 68.0 Å². The van der Waals surface area contributed by atoms with Gasteiger partial charge >= 0.3 is 5.97 Å². The molecule has 0 aliphatic rings. The van der Waals surface area contributed by atoms with E-state index in [1.165, 1.54) is 0 Å². The van der Waals surface area contributed by atoms with Gasteiger partial charge in [-0.15, -0.1) is 0 Å². The number of aryl methyl sites for hydroxylation is 2. The van der Waals surface area contributed by atoms with Crippen LogP contribution >= 0.6 is 0 Å². The number of nitrogens with zero attached hydrogens (tertiary/aromatic N) is 3. The van der Waals surface area contributed by atoms with E-state index in [0.29, 0.717) is 12.1 Å². The van der Waals surface area contributed by atoms with E-state index in [1.807, 2.05) is 32.2 Å². The van der Waals surface area contributed by atoms with Crippen LogP contribution < -0.4 is 0 Å². The minimum Gasteiger partial charge on any atom is -0.478 e. The molecule has 0 aliphatic carbocycles. The van der Waals surface area contributed by atoms with E-state index in [-0.39, 0.29) is 5.56 Å². The third kappa shape index (κ3) is 2.50. The maximum atomic E-state index is 11.0. The van der Waals surface area contributed by atoms with Crippen LogP contribution in [-0.2, 0) is 6.54 Å². The molecule has 0 saturated carbocycles. The monoisotopic (exact) mass is 281 g/mol. The molecule has 2 aromatic heterocycles. The second-order valence-electron chi connectivity index (χ2n) is 5.06. The molecular formula is C16H15N3O2. The van der Waals surface area contributed by atoms with Crippen LogP contribution in [-0.4, -0.2) is 25.6 Å². The Morgan fingerprint density at radius 3 is 2.71 bits per heavy atom. The van der Waals surface area contributed by atoms with Gasteiger partial charge in [-0.2, -0.15) is 0 Å². The second-order valence-corrected chi connectivity index (χ2v) is 5.06. The number of imidazole rings is 1. The first kappa shape index (κ1) is 13.3. The van der Waals surface area contributed by atoms with Gasteiger partial charge in [-0.1, -0.05) is 6.07 Å². The second kappa shape index (κ2) is 5.01. The molecule has 5 nitrogen and oxygen atoms in total. The number of pyridine rings is 1. The van der Waals surface area contributed by atoms with Crippen molar-refractivity contribution in [1.82, 2.24) is 14.5 Å². The van der Waals surface area contributed by atoms with Crippen LogP contribution in [0.15, 0.2) is 36.5 Å². The van der Waals surface area contributed by atoms with Crippen molar-refractivity contribution in [2.24, 2.45) is 0 Å². The maximum absolute atomic E-state index is 11.0. The lowest BCUT2D eigenvalue weighted by molar-refractivity contribution is 0.0697. The number of aromatic carboxylic acids is 1. The van der Waals surface area contributed by atoms with Gasteiger partial charge in [0.1, 0.15) is 5.82 Å². The SMILES string of the molecule is Cc1ccc(Cn2c(C)nc3cc(C(=O)O)ccc32)cn1. The summed E-state index contributed by atoms with van der Waals surface area (Å²) >= 11 is 0. The zero-order valence-electron chi connectivity index (χ0n) is 11.9. The third-order valence-electron chi connectivity index (χ3n) is 3.50. The highest BCUT2D eigenvalue weighted by Crippen LogP contribution is 2.19. The Balaban J connectivity index is 2.04. The number of carbonyl (C=O) groups is 1. The summed E-state index contributed by atoms with van der Waals surface area (Å²) < 4.78 is 2.06.